The molecule has 0 radical (unpaired) electrons. The Morgan fingerprint density at radius 1 is 1.10 bits per heavy atom. The predicted octanol–water partition coefficient (Wildman–Crippen LogP) is 2.90. The van der Waals surface area contributed by atoms with Gasteiger partial charge in [0.1, 0.15) is 11.8 Å². The fourth-order valence-electron chi connectivity index (χ4n) is 3.31. The van der Waals surface area contributed by atoms with Crippen LogP contribution in [-0.4, -0.2) is 44.2 Å². The van der Waals surface area contributed by atoms with E-state index in [4.69, 9.17) is 27.9 Å². The summed E-state index contributed by atoms with van der Waals surface area (Å²) in [6.45, 7) is 1.37. The highest BCUT2D eigenvalue weighted by Crippen LogP contribution is 2.29. The first-order valence-electron chi connectivity index (χ1n) is 9.09. The maximum absolute atomic E-state index is 13.3. The van der Waals surface area contributed by atoms with E-state index >= 15 is 0 Å². The third kappa shape index (κ3) is 4.40. The van der Waals surface area contributed by atoms with E-state index in [9.17, 15) is 18.0 Å². The van der Waals surface area contributed by atoms with Gasteiger partial charge in [-0.3, -0.25) is 9.59 Å². The van der Waals surface area contributed by atoms with Gasteiger partial charge in [-0.05, 0) is 61.4 Å². The molecule has 2 amide bonds. The minimum Gasteiger partial charge on any atom is -0.496 e. The molecule has 2 aromatic rings. The van der Waals surface area contributed by atoms with E-state index in [2.05, 4.69) is 5.32 Å². The van der Waals surface area contributed by atoms with E-state index in [1.807, 2.05) is 0 Å². The van der Waals surface area contributed by atoms with Crippen LogP contribution in [0.4, 0.5) is 0 Å². The smallest absolute Gasteiger partial charge is 0.267 e. The highest BCUT2D eigenvalue weighted by atomic mass is 35.5. The molecule has 1 aliphatic rings. The highest BCUT2D eigenvalue weighted by Gasteiger charge is 2.42. The zero-order chi connectivity index (χ0) is 22.1. The second-order valence-electron chi connectivity index (χ2n) is 6.87. The van der Waals surface area contributed by atoms with Crippen LogP contribution in [-0.2, 0) is 26.0 Å². The van der Waals surface area contributed by atoms with Gasteiger partial charge in [-0.15, -0.1) is 0 Å². The summed E-state index contributed by atoms with van der Waals surface area (Å²) in [7, 11) is -2.79. The fraction of sp³-hybridized carbons (Fsp3) is 0.300. The number of carbonyl (C=O) groups is 2. The minimum atomic E-state index is -4.28. The lowest BCUT2D eigenvalue weighted by Gasteiger charge is -2.27. The third-order valence-electron chi connectivity index (χ3n) is 4.90. The number of nitrogens with zero attached hydrogens (tertiary/aromatic N) is 1. The molecule has 0 bridgehead atoms. The number of halogens is 2. The molecule has 10 heteroatoms. The van der Waals surface area contributed by atoms with Crippen LogP contribution in [0.1, 0.15) is 12.5 Å². The lowest BCUT2D eigenvalue weighted by molar-refractivity contribution is -0.134. The van der Waals surface area contributed by atoms with Gasteiger partial charge in [-0.25, -0.2) is 12.7 Å². The molecule has 0 saturated carbocycles. The first kappa shape index (κ1) is 22.4. The zero-order valence-electron chi connectivity index (χ0n) is 16.3. The topological polar surface area (TPSA) is 92.8 Å². The molecule has 1 heterocycles. The van der Waals surface area contributed by atoms with Gasteiger partial charge in [0.05, 0.1) is 17.9 Å². The number of hydrogen-bond acceptors (Lipinski definition) is 5. The van der Waals surface area contributed by atoms with Crippen molar-refractivity contribution in [2.24, 2.45) is 5.92 Å². The number of sulfonamides is 1. The van der Waals surface area contributed by atoms with Crippen molar-refractivity contribution in [1.29, 1.82) is 0 Å². The summed E-state index contributed by atoms with van der Waals surface area (Å²) in [5.41, 5.74) is 0.635. The van der Waals surface area contributed by atoms with E-state index in [1.165, 1.54) is 38.3 Å². The van der Waals surface area contributed by atoms with Crippen molar-refractivity contribution in [3.8, 4) is 5.75 Å². The second-order valence-corrected chi connectivity index (χ2v) is 9.56. The van der Waals surface area contributed by atoms with E-state index in [1.54, 1.807) is 18.2 Å². The van der Waals surface area contributed by atoms with Crippen molar-refractivity contribution >= 4 is 45.0 Å². The average Bonchev–Trinajstić information content (AvgIpc) is 2.80. The van der Waals surface area contributed by atoms with Crippen LogP contribution in [0.5, 0.6) is 5.75 Å². The molecule has 7 nitrogen and oxygen atoms in total. The van der Waals surface area contributed by atoms with Gasteiger partial charge in [0.15, 0.2) is 0 Å². The zero-order valence-corrected chi connectivity index (χ0v) is 18.6. The van der Waals surface area contributed by atoms with Crippen LogP contribution < -0.4 is 10.1 Å². The van der Waals surface area contributed by atoms with Crippen molar-refractivity contribution in [2.45, 2.75) is 24.3 Å². The van der Waals surface area contributed by atoms with Gasteiger partial charge < -0.3 is 10.1 Å². The molecule has 0 aromatic heterocycles. The van der Waals surface area contributed by atoms with Crippen LogP contribution in [0.2, 0.25) is 10.0 Å². The van der Waals surface area contributed by atoms with Crippen LogP contribution in [0.25, 0.3) is 0 Å². The Labute approximate surface area is 185 Å². The fourth-order valence-corrected chi connectivity index (χ4v) is 5.24. The summed E-state index contributed by atoms with van der Waals surface area (Å²) in [5, 5.41) is 3.46. The van der Waals surface area contributed by atoms with Crippen LogP contribution in [0.15, 0.2) is 47.4 Å². The maximum Gasteiger partial charge on any atom is 0.267 e. The van der Waals surface area contributed by atoms with Crippen molar-refractivity contribution in [3.63, 3.8) is 0 Å². The number of hydrogen-bond donors (Lipinski definition) is 1. The summed E-state index contributed by atoms with van der Waals surface area (Å²) in [6, 6.07) is 9.20. The van der Waals surface area contributed by atoms with E-state index in [0.29, 0.717) is 25.7 Å². The number of ether oxygens (including phenoxy) is 1. The monoisotopic (exact) mass is 470 g/mol. The number of benzene rings is 2. The molecule has 3 rings (SSSR count). The average molecular weight is 471 g/mol. The van der Waals surface area contributed by atoms with E-state index in [0.717, 1.165) is 0 Å². The number of amides is 2. The highest BCUT2D eigenvalue weighted by molar-refractivity contribution is 7.89. The Balaban J connectivity index is 2.01. The first-order chi connectivity index (χ1) is 14.1. The van der Waals surface area contributed by atoms with Gasteiger partial charge in [-0.1, -0.05) is 23.2 Å². The number of methoxy groups -OCH3 is 1. The Hall–Kier alpha value is -2.29. The lowest BCUT2D eigenvalue weighted by atomic mass is 9.97. The van der Waals surface area contributed by atoms with Gasteiger partial charge in [0.2, 0.25) is 11.8 Å². The van der Waals surface area contributed by atoms with Crippen molar-refractivity contribution in [1.82, 2.24) is 9.62 Å². The quantitative estimate of drug-likeness (QED) is 0.724. The minimum absolute atomic E-state index is 0.00961. The molecule has 0 spiro atoms. The molecule has 0 aliphatic carbocycles. The van der Waals surface area contributed by atoms with Crippen LogP contribution in [0, 0.1) is 5.92 Å². The van der Waals surface area contributed by atoms with Crippen molar-refractivity contribution < 1.29 is 22.7 Å². The van der Waals surface area contributed by atoms with E-state index in [-0.39, 0.29) is 17.9 Å². The molecule has 30 heavy (non-hydrogen) atoms. The molecular weight excluding hydrogens is 451 g/mol. The second kappa shape index (κ2) is 8.83. The van der Waals surface area contributed by atoms with Crippen molar-refractivity contribution in [3.05, 3.63) is 58.1 Å². The van der Waals surface area contributed by atoms with Gasteiger partial charge >= 0.3 is 0 Å². The third-order valence-corrected chi connectivity index (χ3v) is 7.27. The molecule has 160 valence electrons. The normalized spacial score (nSPS) is 19.9. The molecular formula is C20H20Cl2N2O5S. The van der Waals surface area contributed by atoms with E-state index < -0.39 is 33.8 Å². The molecule has 1 fully saturated rings. The molecule has 1 N–H and O–H groups in total. The Morgan fingerprint density at radius 2 is 1.73 bits per heavy atom. The number of carbonyl (C=O) groups excluding carboxylic acids is 2. The van der Waals surface area contributed by atoms with Gasteiger partial charge in [-0.2, -0.15) is 0 Å². The first-order valence-corrected chi connectivity index (χ1v) is 11.3. The number of rotatable bonds is 5. The lowest BCUT2D eigenvalue weighted by Crippen LogP contribution is -2.48. The molecule has 1 saturated heterocycles. The van der Waals surface area contributed by atoms with Crippen LogP contribution >= 0.6 is 23.2 Å². The molecule has 0 unspecified atom stereocenters. The standard InChI is InChI=1S/C20H20Cl2N2O5S/c1-12-19(25)23-11-14(9-13-10-16(22)5-8-18(13)29-2)20(26)24(12)30(27,28)17-6-3-15(21)4-7-17/h3-8,10,12,14H,9,11H2,1-2H3,(H,23,25)/t12-,14+/m1/s1. The molecule has 2 atom stereocenters. The van der Waals surface area contributed by atoms with Crippen molar-refractivity contribution in [2.75, 3.05) is 13.7 Å². The summed E-state index contributed by atoms with van der Waals surface area (Å²) in [6.07, 6.45) is 0.141. The summed E-state index contributed by atoms with van der Waals surface area (Å²) in [4.78, 5) is 25.6. The maximum atomic E-state index is 13.3. The Kier molecular flexibility index (Phi) is 6.59. The van der Waals surface area contributed by atoms with Crippen LogP contribution in [0.3, 0.4) is 0 Å². The summed E-state index contributed by atoms with van der Waals surface area (Å²) in [5.74, 6) is -1.55. The molecule has 1 aliphatic heterocycles. The van der Waals surface area contributed by atoms with Gasteiger partial charge in [0, 0.05) is 16.6 Å². The largest absolute Gasteiger partial charge is 0.496 e. The SMILES string of the molecule is COc1ccc(Cl)cc1C[C@H]1CNC(=O)[C@@H](C)N(S(=O)(=O)c2ccc(Cl)cc2)C1=O. The Morgan fingerprint density at radius 3 is 2.37 bits per heavy atom. The summed E-state index contributed by atoms with van der Waals surface area (Å²) < 4.78 is 32.4. The summed E-state index contributed by atoms with van der Waals surface area (Å²) >= 11 is 11.9. The predicted molar refractivity (Wildman–Crippen MR) is 113 cm³/mol. The van der Waals surface area contributed by atoms with Gasteiger partial charge in [0.25, 0.3) is 10.0 Å². The Bertz CT molecular complexity index is 1070. The number of nitrogens with one attached hydrogen (secondary N) is 1. The molecule has 2 aromatic carbocycles.